The third-order valence-corrected chi connectivity index (χ3v) is 5.67. The van der Waals surface area contributed by atoms with Crippen LogP contribution in [0.3, 0.4) is 0 Å². The van der Waals surface area contributed by atoms with Gasteiger partial charge in [-0.1, -0.05) is 60.7 Å². The molecule has 2 heterocycles. The fourth-order valence-corrected chi connectivity index (χ4v) is 4.20. The third kappa shape index (κ3) is 9.94. The molecule has 30 heavy (non-hydrogen) atoms. The Labute approximate surface area is 230 Å². The minimum absolute atomic E-state index is 0. The van der Waals surface area contributed by atoms with Crippen LogP contribution >= 0.6 is 22.7 Å². The zero-order chi connectivity index (χ0) is 20.4. The van der Waals surface area contributed by atoms with Crippen molar-refractivity contribution in [1.82, 2.24) is 0 Å². The molecule has 3 nitrogen and oxygen atoms in total. The average Bonchev–Trinajstić information content (AvgIpc) is 3.37. The Kier molecular flexibility index (Phi) is 15.4. The molecule has 0 fully saturated rings. The summed E-state index contributed by atoms with van der Waals surface area (Å²) in [5, 5.41) is 20.9. The van der Waals surface area contributed by atoms with Crippen LogP contribution in [0.4, 0.5) is 4.79 Å². The zero-order valence-electron chi connectivity index (χ0n) is 17.6. The normalized spacial score (nSPS) is 8.87. The van der Waals surface area contributed by atoms with Gasteiger partial charge in [0.1, 0.15) is 0 Å². The van der Waals surface area contributed by atoms with Gasteiger partial charge in [-0.15, -0.1) is 22.7 Å². The first-order chi connectivity index (χ1) is 13.5. The first-order valence-corrected chi connectivity index (χ1v) is 10.3. The van der Waals surface area contributed by atoms with Gasteiger partial charge in [0, 0.05) is 9.75 Å². The van der Waals surface area contributed by atoms with Gasteiger partial charge in [-0.05, 0) is 65.1 Å². The van der Waals surface area contributed by atoms with E-state index in [0.29, 0.717) is 0 Å². The number of carboxylic acid groups (broad SMARTS) is 2. The summed E-state index contributed by atoms with van der Waals surface area (Å²) in [5.74, 6) is 0. The van der Waals surface area contributed by atoms with Gasteiger partial charge in [0.25, 0.3) is 0 Å². The summed E-state index contributed by atoms with van der Waals surface area (Å²) in [5.41, 5.74) is 5.40. The Hall–Kier alpha value is -0.890. The van der Waals surface area contributed by atoms with E-state index in [-0.39, 0.29) is 59.1 Å². The van der Waals surface area contributed by atoms with Crippen LogP contribution in [0.15, 0.2) is 83.6 Å². The number of hydrogen-bond acceptors (Lipinski definition) is 5. The summed E-state index contributed by atoms with van der Waals surface area (Å²) in [6, 6.07) is 25.5. The molecule has 0 aliphatic heterocycles. The van der Waals surface area contributed by atoms with Gasteiger partial charge in [0.05, 0.1) is 0 Å². The quantitative estimate of drug-likeness (QED) is 0.366. The molecule has 7 heteroatoms. The van der Waals surface area contributed by atoms with Crippen molar-refractivity contribution >= 4 is 28.8 Å². The second kappa shape index (κ2) is 15.8. The molecule has 0 radical (unpaired) electrons. The standard InChI is InChI=1S/2C11H10S.CH2O3.2Na/c2*1-9-5-2-3-6-10(9)11-7-4-8-12-11;2-1(3)4;;/h2*2-8H,1H3;(H2,2,3,4);;/q;;;2*+1/p-2. The molecule has 0 aliphatic carbocycles. The molecule has 0 bridgehead atoms. The summed E-state index contributed by atoms with van der Waals surface area (Å²) in [6.07, 6.45) is -2.33. The Morgan fingerprint density at radius 1 is 0.633 bits per heavy atom. The molecule has 0 atom stereocenters. The number of aryl methyl sites for hydroxylation is 2. The molecule has 0 N–H and O–H groups in total. The van der Waals surface area contributed by atoms with Crippen LogP contribution in [-0.4, -0.2) is 6.16 Å². The first kappa shape index (κ1) is 29.1. The summed E-state index contributed by atoms with van der Waals surface area (Å²) >= 11 is 3.58. The van der Waals surface area contributed by atoms with E-state index in [1.807, 2.05) is 0 Å². The van der Waals surface area contributed by atoms with Crippen LogP contribution in [0, 0.1) is 13.8 Å². The maximum atomic E-state index is 8.33. The van der Waals surface area contributed by atoms with Gasteiger partial charge >= 0.3 is 59.1 Å². The van der Waals surface area contributed by atoms with Gasteiger partial charge < -0.3 is 15.0 Å². The summed E-state index contributed by atoms with van der Waals surface area (Å²) in [4.78, 5) is 11.0. The van der Waals surface area contributed by atoms with E-state index in [1.54, 1.807) is 22.7 Å². The molecular formula is C23H20Na2O3S2. The topological polar surface area (TPSA) is 63.2 Å². The Morgan fingerprint density at radius 2 is 0.967 bits per heavy atom. The van der Waals surface area contributed by atoms with Crippen LogP contribution in [0.25, 0.3) is 20.9 Å². The van der Waals surface area contributed by atoms with Crippen LogP contribution in [0.5, 0.6) is 0 Å². The van der Waals surface area contributed by atoms with E-state index in [4.69, 9.17) is 15.0 Å². The summed E-state index contributed by atoms with van der Waals surface area (Å²) in [7, 11) is 0. The van der Waals surface area contributed by atoms with Gasteiger partial charge in [-0.3, -0.25) is 0 Å². The molecule has 0 amide bonds. The first-order valence-electron chi connectivity index (χ1n) is 8.56. The van der Waals surface area contributed by atoms with Crippen molar-refractivity contribution in [2.24, 2.45) is 0 Å². The molecule has 0 unspecified atom stereocenters. The van der Waals surface area contributed by atoms with Crippen molar-refractivity contribution in [2.45, 2.75) is 13.8 Å². The molecule has 0 saturated carbocycles. The predicted octanol–water partition coefficient (Wildman–Crippen LogP) is -0.992. The maximum Gasteiger partial charge on any atom is 1.00 e. The van der Waals surface area contributed by atoms with Crippen molar-refractivity contribution in [1.29, 1.82) is 0 Å². The Bertz CT molecular complexity index is 906. The van der Waals surface area contributed by atoms with Crippen molar-refractivity contribution in [3.05, 3.63) is 94.7 Å². The molecule has 2 aromatic carbocycles. The van der Waals surface area contributed by atoms with E-state index in [9.17, 15) is 0 Å². The van der Waals surface area contributed by atoms with Crippen LogP contribution in [0.2, 0.25) is 0 Å². The Balaban J connectivity index is 0.000000452. The predicted molar refractivity (Wildman–Crippen MR) is 114 cm³/mol. The minimum Gasteiger partial charge on any atom is -0.652 e. The second-order valence-corrected chi connectivity index (χ2v) is 7.73. The van der Waals surface area contributed by atoms with Gasteiger partial charge in [0.15, 0.2) is 0 Å². The van der Waals surface area contributed by atoms with Gasteiger partial charge in [-0.2, -0.15) is 0 Å². The second-order valence-electron chi connectivity index (χ2n) is 5.83. The van der Waals surface area contributed by atoms with E-state index in [1.165, 1.54) is 32.0 Å². The van der Waals surface area contributed by atoms with Crippen LogP contribution in [0.1, 0.15) is 11.1 Å². The average molecular weight is 455 g/mol. The van der Waals surface area contributed by atoms with Crippen molar-refractivity contribution < 1.29 is 74.1 Å². The fourth-order valence-electron chi connectivity index (χ4n) is 2.56. The van der Waals surface area contributed by atoms with E-state index >= 15 is 0 Å². The molecule has 144 valence electrons. The van der Waals surface area contributed by atoms with E-state index in [2.05, 4.69) is 97.4 Å². The van der Waals surface area contributed by atoms with E-state index < -0.39 is 6.16 Å². The molecule has 4 aromatic rings. The number of carbonyl (C=O) groups is 1. The number of thiophene rings is 2. The van der Waals surface area contributed by atoms with Crippen LogP contribution < -0.4 is 69.3 Å². The molecule has 0 saturated heterocycles. The fraction of sp³-hybridized carbons (Fsp3) is 0.0870. The van der Waals surface area contributed by atoms with E-state index in [0.717, 1.165) is 0 Å². The van der Waals surface area contributed by atoms with Crippen molar-refractivity contribution in [3.8, 4) is 20.9 Å². The van der Waals surface area contributed by atoms with Gasteiger partial charge in [0.2, 0.25) is 0 Å². The maximum absolute atomic E-state index is 8.33. The number of rotatable bonds is 2. The SMILES string of the molecule is Cc1ccccc1-c1cccs1.Cc1ccccc1-c1cccs1.O=C([O-])[O-].[Na+].[Na+]. The largest absolute Gasteiger partial charge is 1.00 e. The third-order valence-electron chi connectivity index (χ3n) is 3.86. The zero-order valence-corrected chi connectivity index (χ0v) is 23.3. The number of benzene rings is 2. The summed E-state index contributed by atoms with van der Waals surface area (Å²) < 4.78 is 0. The van der Waals surface area contributed by atoms with Gasteiger partial charge in [-0.25, -0.2) is 0 Å². The molecule has 0 aliphatic rings. The van der Waals surface area contributed by atoms with Crippen LogP contribution in [-0.2, 0) is 0 Å². The summed E-state index contributed by atoms with van der Waals surface area (Å²) in [6.45, 7) is 4.30. The molecule has 4 rings (SSSR count). The van der Waals surface area contributed by atoms with Crippen molar-refractivity contribution in [2.75, 3.05) is 0 Å². The molecule has 2 aromatic heterocycles. The smallest absolute Gasteiger partial charge is 0.652 e. The molecular weight excluding hydrogens is 434 g/mol. The van der Waals surface area contributed by atoms with Crippen molar-refractivity contribution in [3.63, 3.8) is 0 Å². The number of hydrogen-bond donors (Lipinski definition) is 0. The Morgan fingerprint density at radius 3 is 1.23 bits per heavy atom. The monoisotopic (exact) mass is 454 g/mol. The minimum atomic E-state index is -2.33. The number of carbonyl (C=O) groups excluding carboxylic acids is 1. The molecule has 0 spiro atoms.